The summed E-state index contributed by atoms with van der Waals surface area (Å²) in [6.07, 6.45) is 2.05. The van der Waals surface area contributed by atoms with Crippen LogP contribution in [0.1, 0.15) is 12.5 Å². The van der Waals surface area contributed by atoms with Crippen LogP contribution in [0.3, 0.4) is 0 Å². The average Bonchev–Trinajstić information content (AvgIpc) is 2.19. The molecular weight excluding hydrogens is 226 g/mol. The van der Waals surface area contributed by atoms with Crippen LogP contribution in [0.2, 0.25) is 0 Å². The largest absolute Gasteiger partial charge is 0.308 e. The summed E-state index contributed by atoms with van der Waals surface area (Å²) in [5, 5.41) is 3.34. The Bertz CT molecular complexity index is 267. The lowest BCUT2D eigenvalue weighted by Crippen LogP contribution is -2.14. The van der Waals surface area contributed by atoms with Gasteiger partial charge in [0.1, 0.15) is 0 Å². The molecule has 0 unspecified atom stereocenters. The number of hydrogen-bond acceptors (Lipinski definition) is 1. The fourth-order valence-electron chi connectivity index (χ4n) is 1.02. The van der Waals surface area contributed by atoms with Crippen molar-refractivity contribution < 1.29 is 0 Å². The Balaban J connectivity index is 2.28. The van der Waals surface area contributed by atoms with E-state index >= 15 is 0 Å². The summed E-state index contributed by atoms with van der Waals surface area (Å²) >= 11 is 3.45. The summed E-state index contributed by atoms with van der Waals surface area (Å²) in [5.74, 6) is 0. The highest BCUT2D eigenvalue weighted by molar-refractivity contribution is 9.11. The predicted molar refractivity (Wildman–Crippen MR) is 60.8 cm³/mol. The predicted octanol–water partition coefficient (Wildman–Crippen LogP) is 3.07. The zero-order chi connectivity index (χ0) is 9.52. The molecule has 0 amide bonds. The first-order valence-corrected chi connectivity index (χ1v) is 5.17. The molecule has 1 rings (SSSR count). The van der Waals surface area contributed by atoms with Crippen LogP contribution >= 0.6 is 15.9 Å². The van der Waals surface area contributed by atoms with Gasteiger partial charge in [0, 0.05) is 17.6 Å². The minimum atomic E-state index is 0.894. The van der Waals surface area contributed by atoms with E-state index in [-0.39, 0.29) is 0 Å². The van der Waals surface area contributed by atoms with Crippen LogP contribution in [0.25, 0.3) is 0 Å². The number of rotatable bonds is 4. The molecule has 0 aliphatic rings. The Morgan fingerprint density at radius 3 is 2.69 bits per heavy atom. The Kier molecular flexibility index (Phi) is 4.79. The van der Waals surface area contributed by atoms with Gasteiger partial charge in [-0.15, -0.1) is 0 Å². The highest BCUT2D eigenvalue weighted by atomic mass is 79.9. The molecule has 0 aliphatic carbocycles. The van der Waals surface area contributed by atoms with Gasteiger partial charge in [0.05, 0.1) is 0 Å². The first kappa shape index (κ1) is 10.5. The Morgan fingerprint density at radius 2 is 2.08 bits per heavy atom. The molecule has 0 saturated heterocycles. The Labute approximate surface area is 88.0 Å². The molecule has 0 saturated carbocycles. The smallest absolute Gasteiger partial charge is 0.0271 e. The SMILES string of the molecule is C/C=C(\Br)CNCc1ccccc1. The second-order valence-corrected chi connectivity index (χ2v) is 3.84. The Hall–Kier alpha value is -0.600. The molecule has 0 spiro atoms. The molecule has 0 aromatic heterocycles. The first-order chi connectivity index (χ1) is 6.33. The van der Waals surface area contributed by atoms with Gasteiger partial charge in [-0.05, 0) is 12.5 Å². The molecular formula is C11H14BrN. The number of halogens is 1. The normalized spacial score (nSPS) is 11.7. The van der Waals surface area contributed by atoms with E-state index in [9.17, 15) is 0 Å². The van der Waals surface area contributed by atoms with E-state index in [1.807, 2.05) is 13.0 Å². The van der Waals surface area contributed by atoms with E-state index in [4.69, 9.17) is 0 Å². The van der Waals surface area contributed by atoms with Gasteiger partial charge in [-0.1, -0.05) is 52.3 Å². The zero-order valence-electron chi connectivity index (χ0n) is 7.76. The average molecular weight is 240 g/mol. The first-order valence-electron chi connectivity index (χ1n) is 4.38. The highest BCUT2D eigenvalue weighted by Crippen LogP contribution is 2.02. The van der Waals surface area contributed by atoms with Crippen LogP contribution in [0.15, 0.2) is 40.9 Å². The molecule has 1 nitrogen and oxygen atoms in total. The maximum Gasteiger partial charge on any atom is 0.0271 e. The Morgan fingerprint density at radius 1 is 1.38 bits per heavy atom. The van der Waals surface area contributed by atoms with Crippen molar-refractivity contribution in [3.8, 4) is 0 Å². The van der Waals surface area contributed by atoms with E-state index in [1.54, 1.807) is 0 Å². The molecule has 1 aromatic carbocycles. The van der Waals surface area contributed by atoms with Crippen molar-refractivity contribution in [1.82, 2.24) is 5.32 Å². The second kappa shape index (κ2) is 5.95. The summed E-state index contributed by atoms with van der Waals surface area (Å²) < 4.78 is 1.20. The number of benzene rings is 1. The lowest BCUT2D eigenvalue weighted by Gasteiger charge is -2.03. The number of allylic oxidation sites excluding steroid dienone is 1. The molecule has 13 heavy (non-hydrogen) atoms. The maximum atomic E-state index is 3.45. The minimum absolute atomic E-state index is 0.894. The molecule has 0 atom stereocenters. The van der Waals surface area contributed by atoms with Crippen LogP contribution in [-0.2, 0) is 6.54 Å². The van der Waals surface area contributed by atoms with Crippen molar-refractivity contribution in [3.63, 3.8) is 0 Å². The number of nitrogens with one attached hydrogen (secondary N) is 1. The quantitative estimate of drug-likeness (QED) is 0.852. The van der Waals surface area contributed by atoms with Gasteiger partial charge in [0.25, 0.3) is 0 Å². The molecule has 2 heteroatoms. The third-order valence-corrected chi connectivity index (χ3v) is 2.52. The van der Waals surface area contributed by atoms with E-state index in [0.717, 1.165) is 13.1 Å². The van der Waals surface area contributed by atoms with E-state index < -0.39 is 0 Å². The van der Waals surface area contributed by atoms with Crippen LogP contribution in [-0.4, -0.2) is 6.54 Å². The van der Waals surface area contributed by atoms with Crippen molar-refractivity contribution >= 4 is 15.9 Å². The molecule has 1 N–H and O–H groups in total. The topological polar surface area (TPSA) is 12.0 Å². The van der Waals surface area contributed by atoms with Gasteiger partial charge >= 0.3 is 0 Å². The van der Waals surface area contributed by atoms with Crippen LogP contribution in [0.5, 0.6) is 0 Å². The molecule has 0 aliphatic heterocycles. The molecule has 0 bridgehead atoms. The van der Waals surface area contributed by atoms with E-state index in [0.29, 0.717) is 0 Å². The fraction of sp³-hybridized carbons (Fsp3) is 0.273. The van der Waals surface area contributed by atoms with Crippen molar-refractivity contribution in [3.05, 3.63) is 46.5 Å². The van der Waals surface area contributed by atoms with Crippen molar-refractivity contribution in [2.45, 2.75) is 13.5 Å². The van der Waals surface area contributed by atoms with Crippen molar-refractivity contribution in [2.24, 2.45) is 0 Å². The second-order valence-electron chi connectivity index (χ2n) is 2.82. The lowest BCUT2D eigenvalue weighted by molar-refractivity contribution is 0.756. The summed E-state index contributed by atoms with van der Waals surface area (Å²) in [7, 11) is 0. The summed E-state index contributed by atoms with van der Waals surface area (Å²) in [5.41, 5.74) is 1.32. The van der Waals surface area contributed by atoms with Crippen molar-refractivity contribution in [1.29, 1.82) is 0 Å². The van der Waals surface area contributed by atoms with Gasteiger partial charge in [-0.2, -0.15) is 0 Å². The molecule has 1 aromatic rings. The van der Waals surface area contributed by atoms with Crippen molar-refractivity contribution in [2.75, 3.05) is 6.54 Å². The van der Waals surface area contributed by atoms with Gasteiger partial charge in [0.2, 0.25) is 0 Å². The summed E-state index contributed by atoms with van der Waals surface area (Å²) in [4.78, 5) is 0. The molecule has 0 radical (unpaired) electrons. The fourth-order valence-corrected chi connectivity index (χ4v) is 1.22. The summed E-state index contributed by atoms with van der Waals surface area (Å²) in [6.45, 7) is 3.84. The van der Waals surface area contributed by atoms with E-state index in [1.165, 1.54) is 10.0 Å². The van der Waals surface area contributed by atoms with Crippen LogP contribution < -0.4 is 5.32 Å². The lowest BCUT2D eigenvalue weighted by atomic mass is 10.2. The highest BCUT2D eigenvalue weighted by Gasteiger charge is 1.91. The van der Waals surface area contributed by atoms with Crippen LogP contribution in [0.4, 0.5) is 0 Å². The summed E-state index contributed by atoms with van der Waals surface area (Å²) in [6, 6.07) is 10.4. The molecule has 70 valence electrons. The minimum Gasteiger partial charge on any atom is -0.308 e. The zero-order valence-corrected chi connectivity index (χ0v) is 9.34. The third-order valence-electron chi connectivity index (χ3n) is 1.78. The molecule has 0 heterocycles. The van der Waals surface area contributed by atoms with Gasteiger partial charge in [-0.3, -0.25) is 0 Å². The molecule has 0 fully saturated rings. The van der Waals surface area contributed by atoms with Gasteiger partial charge < -0.3 is 5.32 Å². The van der Waals surface area contributed by atoms with Gasteiger partial charge in [-0.25, -0.2) is 0 Å². The monoisotopic (exact) mass is 239 g/mol. The van der Waals surface area contributed by atoms with Crippen LogP contribution in [0, 0.1) is 0 Å². The number of hydrogen-bond donors (Lipinski definition) is 1. The maximum absolute atomic E-state index is 3.45. The van der Waals surface area contributed by atoms with Gasteiger partial charge in [0.15, 0.2) is 0 Å². The van der Waals surface area contributed by atoms with E-state index in [2.05, 4.69) is 51.6 Å². The standard InChI is InChI=1S/C11H14BrN/c1-2-11(12)9-13-8-10-6-4-3-5-7-10/h2-7,13H,8-9H2,1H3/b11-2-. The third kappa shape index (κ3) is 4.25.